The van der Waals surface area contributed by atoms with E-state index in [4.69, 9.17) is 9.94 Å². The molecule has 0 aliphatic heterocycles. The molecule has 2 heterocycles. The Labute approximate surface area is 159 Å². The van der Waals surface area contributed by atoms with E-state index in [1.165, 1.54) is 28.9 Å². The molecule has 0 fully saturated rings. The molecular formula is C17H17FN4O5S. The van der Waals surface area contributed by atoms with Gasteiger partial charge in [-0.2, -0.15) is 0 Å². The van der Waals surface area contributed by atoms with Crippen molar-refractivity contribution in [2.75, 3.05) is 24.8 Å². The summed E-state index contributed by atoms with van der Waals surface area (Å²) in [4.78, 5) is 21.1. The van der Waals surface area contributed by atoms with E-state index in [0.717, 1.165) is 12.3 Å². The fraction of sp³-hybridized carbons (Fsp3) is 0.176. The number of halogens is 1. The van der Waals surface area contributed by atoms with Gasteiger partial charge in [-0.3, -0.25) is 14.0 Å². The topological polar surface area (TPSA) is 122 Å². The number of rotatable bonds is 7. The van der Waals surface area contributed by atoms with Crippen LogP contribution in [0.25, 0.3) is 5.52 Å². The summed E-state index contributed by atoms with van der Waals surface area (Å²) in [7, 11) is -3.56. The second-order valence-corrected chi connectivity index (χ2v) is 7.84. The highest BCUT2D eigenvalue weighted by Crippen LogP contribution is 2.26. The van der Waals surface area contributed by atoms with Crippen LogP contribution in [-0.2, 0) is 14.7 Å². The number of sulfone groups is 1. The Balaban J connectivity index is 2.01. The van der Waals surface area contributed by atoms with Gasteiger partial charge in [0, 0.05) is 6.26 Å². The standard InChI is InChI=1S/C17H17FN4O5S/c1-28(25,26)12-3-5-15(14(18)8-12)20-16-13(17(24)21-27-7-6-23)4-2-11-9-19-10-22(11)16/h2-5,8-10,20,23H,6-7H2,1H3,(H,21,24). The summed E-state index contributed by atoms with van der Waals surface area (Å²) in [6, 6.07) is 6.57. The molecular weight excluding hydrogens is 391 g/mol. The zero-order chi connectivity index (χ0) is 20.3. The van der Waals surface area contributed by atoms with Crippen LogP contribution < -0.4 is 10.8 Å². The molecule has 11 heteroatoms. The fourth-order valence-corrected chi connectivity index (χ4v) is 3.11. The summed E-state index contributed by atoms with van der Waals surface area (Å²) >= 11 is 0. The summed E-state index contributed by atoms with van der Waals surface area (Å²) in [6.45, 7) is -0.368. The normalized spacial score (nSPS) is 11.5. The molecule has 0 unspecified atom stereocenters. The second kappa shape index (κ2) is 7.92. The van der Waals surface area contributed by atoms with Crippen molar-refractivity contribution in [2.45, 2.75) is 4.90 Å². The number of anilines is 2. The number of nitrogens with one attached hydrogen (secondary N) is 2. The predicted molar refractivity (Wildman–Crippen MR) is 98.5 cm³/mol. The zero-order valence-corrected chi connectivity index (χ0v) is 15.5. The monoisotopic (exact) mass is 408 g/mol. The van der Waals surface area contributed by atoms with Gasteiger partial charge in [0.1, 0.15) is 18.0 Å². The van der Waals surface area contributed by atoms with Crippen LogP contribution in [-0.4, -0.2) is 48.3 Å². The van der Waals surface area contributed by atoms with Crippen molar-refractivity contribution in [3.8, 4) is 0 Å². The zero-order valence-electron chi connectivity index (χ0n) is 14.7. The third kappa shape index (κ3) is 4.11. The lowest BCUT2D eigenvalue weighted by Crippen LogP contribution is -2.26. The molecule has 0 radical (unpaired) electrons. The molecule has 0 bridgehead atoms. The Morgan fingerprint density at radius 1 is 1.32 bits per heavy atom. The largest absolute Gasteiger partial charge is 0.394 e. The smallest absolute Gasteiger partial charge is 0.278 e. The molecule has 0 saturated heterocycles. The van der Waals surface area contributed by atoms with Crippen molar-refractivity contribution in [2.24, 2.45) is 0 Å². The number of benzene rings is 1. The molecule has 28 heavy (non-hydrogen) atoms. The SMILES string of the molecule is CS(=O)(=O)c1ccc(Nc2c(C(=O)NOCCO)ccc3cncn23)c(F)c1. The van der Waals surface area contributed by atoms with Crippen molar-refractivity contribution in [3.05, 3.63) is 54.2 Å². The number of carbonyl (C=O) groups excluding carboxylic acids is 1. The molecule has 3 N–H and O–H groups in total. The maximum atomic E-state index is 14.5. The van der Waals surface area contributed by atoms with Crippen LogP contribution in [0.1, 0.15) is 10.4 Å². The van der Waals surface area contributed by atoms with Gasteiger partial charge in [0.15, 0.2) is 9.84 Å². The number of nitrogens with zero attached hydrogens (tertiary/aromatic N) is 2. The maximum absolute atomic E-state index is 14.5. The van der Waals surface area contributed by atoms with Gasteiger partial charge in [-0.15, -0.1) is 0 Å². The molecule has 3 aromatic rings. The number of amides is 1. The third-order valence-electron chi connectivity index (χ3n) is 3.81. The number of aliphatic hydroxyl groups is 1. The molecule has 0 aliphatic rings. The number of pyridine rings is 1. The van der Waals surface area contributed by atoms with Crippen molar-refractivity contribution in [3.63, 3.8) is 0 Å². The number of aliphatic hydroxyl groups excluding tert-OH is 1. The Bertz CT molecular complexity index is 1130. The van der Waals surface area contributed by atoms with Gasteiger partial charge in [0.05, 0.1) is 41.1 Å². The lowest BCUT2D eigenvalue weighted by atomic mass is 10.2. The first-order valence-electron chi connectivity index (χ1n) is 8.06. The van der Waals surface area contributed by atoms with E-state index in [0.29, 0.717) is 5.52 Å². The number of hydroxylamine groups is 1. The lowest BCUT2D eigenvalue weighted by molar-refractivity contribution is 0.0168. The molecule has 0 spiro atoms. The first-order chi connectivity index (χ1) is 13.3. The minimum atomic E-state index is -3.56. The summed E-state index contributed by atoms with van der Waals surface area (Å²) in [5.41, 5.74) is 2.91. The van der Waals surface area contributed by atoms with Crippen LogP contribution in [0, 0.1) is 5.82 Å². The Hall–Kier alpha value is -3.02. The van der Waals surface area contributed by atoms with E-state index in [-0.39, 0.29) is 35.2 Å². The molecule has 2 aromatic heterocycles. The predicted octanol–water partition coefficient (Wildman–Crippen LogP) is 1.27. The minimum absolute atomic E-state index is 0.0288. The van der Waals surface area contributed by atoms with Crippen molar-refractivity contribution in [1.29, 1.82) is 0 Å². The van der Waals surface area contributed by atoms with E-state index >= 15 is 0 Å². The van der Waals surface area contributed by atoms with Gasteiger partial charge in [-0.05, 0) is 30.3 Å². The van der Waals surface area contributed by atoms with Gasteiger partial charge < -0.3 is 10.4 Å². The first-order valence-corrected chi connectivity index (χ1v) is 9.95. The van der Waals surface area contributed by atoms with E-state index in [1.807, 2.05) is 0 Å². The number of fused-ring (bicyclic) bond motifs is 1. The van der Waals surface area contributed by atoms with E-state index < -0.39 is 21.6 Å². The number of hydrogen-bond donors (Lipinski definition) is 3. The maximum Gasteiger partial charge on any atom is 0.278 e. The molecule has 0 aliphatic carbocycles. The Morgan fingerprint density at radius 3 is 2.79 bits per heavy atom. The fourth-order valence-electron chi connectivity index (χ4n) is 2.48. The summed E-state index contributed by atoms with van der Waals surface area (Å²) in [6.07, 6.45) is 3.97. The van der Waals surface area contributed by atoms with Crippen LogP contribution in [0.4, 0.5) is 15.9 Å². The van der Waals surface area contributed by atoms with Crippen LogP contribution in [0.3, 0.4) is 0 Å². The second-order valence-electron chi connectivity index (χ2n) is 5.83. The van der Waals surface area contributed by atoms with E-state index in [9.17, 15) is 17.6 Å². The summed E-state index contributed by atoms with van der Waals surface area (Å²) < 4.78 is 39.2. The van der Waals surface area contributed by atoms with Crippen molar-refractivity contribution < 1.29 is 27.5 Å². The molecule has 0 atom stereocenters. The summed E-state index contributed by atoms with van der Waals surface area (Å²) in [5.74, 6) is -1.23. The molecule has 9 nitrogen and oxygen atoms in total. The highest BCUT2D eigenvalue weighted by atomic mass is 32.2. The number of imidazole rings is 1. The van der Waals surface area contributed by atoms with Crippen LogP contribution >= 0.6 is 0 Å². The number of carbonyl (C=O) groups is 1. The van der Waals surface area contributed by atoms with Gasteiger partial charge in [0.25, 0.3) is 5.91 Å². The van der Waals surface area contributed by atoms with Gasteiger partial charge >= 0.3 is 0 Å². The minimum Gasteiger partial charge on any atom is -0.394 e. The van der Waals surface area contributed by atoms with Gasteiger partial charge in [-0.25, -0.2) is 23.3 Å². The van der Waals surface area contributed by atoms with Crippen molar-refractivity contribution in [1.82, 2.24) is 14.9 Å². The van der Waals surface area contributed by atoms with E-state index in [1.54, 1.807) is 12.3 Å². The Morgan fingerprint density at radius 2 is 2.11 bits per heavy atom. The van der Waals surface area contributed by atoms with Crippen LogP contribution in [0.2, 0.25) is 0 Å². The first kappa shape index (κ1) is 19.7. The molecule has 3 rings (SSSR count). The van der Waals surface area contributed by atoms with Gasteiger partial charge in [0.2, 0.25) is 0 Å². The molecule has 148 valence electrons. The van der Waals surface area contributed by atoms with Crippen LogP contribution in [0.15, 0.2) is 47.8 Å². The highest BCUT2D eigenvalue weighted by molar-refractivity contribution is 7.90. The molecule has 1 amide bonds. The average molecular weight is 408 g/mol. The number of hydrogen-bond acceptors (Lipinski definition) is 7. The molecule has 1 aromatic carbocycles. The summed E-state index contributed by atoms with van der Waals surface area (Å²) in [5, 5.41) is 11.5. The number of aromatic nitrogens is 2. The quantitative estimate of drug-likeness (QED) is 0.398. The highest BCUT2D eigenvalue weighted by Gasteiger charge is 2.18. The third-order valence-corrected chi connectivity index (χ3v) is 4.92. The van der Waals surface area contributed by atoms with Gasteiger partial charge in [-0.1, -0.05) is 0 Å². The molecule has 0 saturated carbocycles. The van der Waals surface area contributed by atoms with Crippen LogP contribution in [0.5, 0.6) is 0 Å². The lowest BCUT2D eigenvalue weighted by Gasteiger charge is -2.15. The average Bonchev–Trinajstić information content (AvgIpc) is 3.12. The Kier molecular flexibility index (Phi) is 5.58. The van der Waals surface area contributed by atoms with E-state index in [2.05, 4.69) is 15.8 Å². The van der Waals surface area contributed by atoms with Crippen molar-refractivity contribution >= 4 is 32.8 Å².